The number of nitrogens with zero attached hydrogens (tertiary/aromatic N) is 2. The van der Waals surface area contributed by atoms with Gasteiger partial charge in [-0.2, -0.15) is 0 Å². The molecule has 19 heavy (non-hydrogen) atoms. The summed E-state index contributed by atoms with van der Waals surface area (Å²) in [5.41, 5.74) is 1.04. The molecule has 1 aromatic heterocycles. The topological polar surface area (TPSA) is 36.3 Å². The Hall–Kier alpha value is -1.14. The lowest BCUT2D eigenvalue weighted by Crippen LogP contribution is -2.22. The minimum Gasteiger partial charge on any atom is -0.488 e. The largest absolute Gasteiger partial charge is 0.488 e. The Morgan fingerprint density at radius 1 is 1.63 bits per heavy atom. The van der Waals surface area contributed by atoms with E-state index in [-0.39, 0.29) is 18.0 Å². The normalized spacial score (nSPS) is 19.5. The fourth-order valence-electron chi connectivity index (χ4n) is 2.45. The summed E-state index contributed by atoms with van der Waals surface area (Å²) in [5, 5.41) is 0. The molecule has 1 unspecified atom stereocenters. The summed E-state index contributed by atoms with van der Waals surface area (Å²) < 4.78 is 27.7. The SMILES string of the molecule is COC(C)c1nc2c(F)cc(Br)c3c2n1[C@@H](C)CO3. The number of benzene rings is 1. The monoisotopic (exact) mass is 328 g/mol. The smallest absolute Gasteiger partial charge is 0.159 e. The van der Waals surface area contributed by atoms with Crippen LogP contribution in [0, 0.1) is 5.82 Å². The van der Waals surface area contributed by atoms with Crippen molar-refractivity contribution in [2.75, 3.05) is 13.7 Å². The fourth-order valence-corrected chi connectivity index (χ4v) is 2.95. The van der Waals surface area contributed by atoms with E-state index in [9.17, 15) is 4.39 Å². The molecule has 0 radical (unpaired) electrons. The maximum absolute atomic E-state index is 14.1. The lowest BCUT2D eigenvalue weighted by atomic mass is 10.2. The van der Waals surface area contributed by atoms with Crippen LogP contribution in [0.15, 0.2) is 10.5 Å². The third kappa shape index (κ3) is 1.77. The number of halogens is 2. The molecule has 1 aromatic carbocycles. The van der Waals surface area contributed by atoms with Crippen LogP contribution in [0.4, 0.5) is 4.39 Å². The summed E-state index contributed by atoms with van der Waals surface area (Å²) in [6, 6.07) is 1.49. The summed E-state index contributed by atoms with van der Waals surface area (Å²) in [4.78, 5) is 4.41. The lowest BCUT2D eigenvalue weighted by molar-refractivity contribution is 0.105. The van der Waals surface area contributed by atoms with Gasteiger partial charge in [0.2, 0.25) is 0 Å². The molecule has 1 aliphatic heterocycles. The van der Waals surface area contributed by atoms with Crippen LogP contribution < -0.4 is 4.74 Å². The molecule has 0 N–H and O–H groups in total. The minimum absolute atomic E-state index is 0.0961. The van der Waals surface area contributed by atoms with Crippen LogP contribution in [0.1, 0.15) is 31.8 Å². The van der Waals surface area contributed by atoms with Gasteiger partial charge in [0.1, 0.15) is 29.6 Å². The summed E-state index contributed by atoms with van der Waals surface area (Å²) in [5.74, 6) is 1.02. The van der Waals surface area contributed by atoms with Gasteiger partial charge in [-0.15, -0.1) is 0 Å². The molecule has 2 aromatic rings. The molecule has 102 valence electrons. The summed E-state index contributed by atoms with van der Waals surface area (Å²) in [6.07, 6.45) is -0.195. The van der Waals surface area contributed by atoms with Crippen LogP contribution in [-0.2, 0) is 4.74 Å². The molecule has 3 rings (SSSR count). The minimum atomic E-state index is -0.355. The van der Waals surface area contributed by atoms with E-state index in [0.717, 1.165) is 5.82 Å². The highest BCUT2D eigenvalue weighted by Crippen LogP contribution is 2.41. The first-order valence-electron chi connectivity index (χ1n) is 6.10. The van der Waals surface area contributed by atoms with E-state index >= 15 is 0 Å². The van der Waals surface area contributed by atoms with Gasteiger partial charge < -0.3 is 14.0 Å². The third-order valence-corrected chi connectivity index (χ3v) is 4.07. The van der Waals surface area contributed by atoms with Crippen LogP contribution in [0.3, 0.4) is 0 Å². The summed E-state index contributed by atoms with van der Waals surface area (Å²) in [6.45, 7) is 4.46. The van der Waals surface area contributed by atoms with Crippen molar-refractivity contribution in [2.24, 2.45) is 0 Å². The van der Waals surface area contributed by atoms with E-state index in [0.29, 0.717) is 27.9 Å². The van der Waals surface area contributed by atoms with Crippen molar-refractivity contribution in [3.63, 3.8) is 0 Å². The zero-order valence-electron chi connectivity index (χ0n) is 10.9. The zero-order chi connectivity index (χ0) is 13.7. The molecule has 1 aliphatic rings. The number of hydrogen-bond donors (Lipinski definition) is 0. The summed E-state index contributed by atoms with van der Waals surface area (Å²) >= 11 is 3.34. The molecule has 6 heteroatoms. The molecule has 0 saturated heterocycles. The van der Waals surface area contributed by atoms with Gasteiger partial charge in [0.15, 0.2) is 11.6 Å². The number of rotatable bonds is 2. The maximum atomic E-state index is 14.1. The van der Waals surface area contributed by atoms with Gasteiger partial charge in [0, 0.05) is 7.11 Å². The molecule has 2 atom stereocenters. The van der Waals surface area contributed by atoms with Gasteiger partial charge in [-0.1, -0.05) is 0 Å². The van der Waals surface area contributed by atoms with Gasteiger partial charge in [-0.05, 0) is 35.8 Å². The molecular formula is C13H14BrFN2O2. The average Bonchev–Trinajstić information content (AvgIpc) is 2.78. The van der Waals surface area contributed by atoms with Crippen LogP contribution in [0.2, 0.25) is 0 Å². The fraction of sp³-hybridized carbons (Fsp3) is 0.462. The number of methoxy groups -OCH3 is 1. The first kappa shape index (κ1) is 12.9. The van der Waals surface area contributed by atoms with E-state index in [4.69, 9.17) is 9.47 Å². The zero-order valence-corrected chi connectivity index (χ0v) is 12.5. The van der Waals surface area contributed by atoms with Crippen molar-refractivity contribution in [3.05, 3.63) is 22.2 Å². The van der Waals surface area contributed by atoms with Crippen molar-refractivity contribution in [1.29, 1.82) is 0 Å². The highest BCUT2D eigenvalue weighted by molar-refractivity contribution is 9.10. The third-order valence-electron chi connectivity index (χ3n) is 3.48. The van der Waals surface area contributed by atoms with Gasteiger partial charge >= 0.3 is 0 Å². The van der Waals surface area contributed by atoms with Crippen LogP contribution >= 0.6 is 15.9 Å². The predicted octanol–water partition coefficient (Wildman–Crippen LogP) is 3.60. The van der Waals surface area contributed by atoms with Crippen LogP contribution in [0.25, 0.3) is 11.0 Å². The Balaban J connectivity index is 2.41. The Kier molecular flexibility index (Phi) is 3.02. The van der Waals surface area contributed by atoms with Gasteiger partial charge in [-0.25, -0.2) is 9.37 Å². The Morgan fingerprint density at radius 2 is 2.37 bits per heavy atom. The Bertz CT molecular complexity index is 656. The van der Waals surface area contributed by atoms with Gasteiger partial charge in [-0.3, -0.25) is 0 Å². The molecular weight excluding hydrogens is 315 g/mol. The lowest BCUT2D eigenvalue weighted by Gasteiger charge is -2.26. The highest BCUT2D eigenvalue weighted by atomic mass is 79.9. The second-order valence-corrected chi connectivity index (χ2v) is 5.60. The second-order valence-electron chi connectivity index (χ2n) is 4.74. The maximum Gasteiger partial charge on any atom is 0.159 e. The number of aromatic nitrogens is 2. The van der Waals surface area contributed by atoms with E-state index < -0.39 is 0 Å². The molecule has 0 bridgehead atoms. The van der Waals surface area contributed by atoms with E-state index in [1.54, 1.807) is 7.11 Å². The predicted molar refractivity (Wildman–Crippen MR) is 73.0 cm³/mol. The van der Waals surface area contributed by atoms with Gasteiger partial charge in [0.05, 0.1) is 10.5 Å². The first-order valence-corrected chi connectivity index (χ1v) is 6.89. The number of ether oxygens (including phenoxy) is 2. The molecule has 0 spiro atoms. The Morgan fingerprint density at radius 3 is 3.05 bits per heavy atom. The van der Waals surface area contributed by atoms with E-state index in [1.165, 1.54) is 6.07 Å². The van der Waals surface area contributed by atoms with Crippen molar-refractivity contribution >= 4 is 27.0 Å². The number of hydrogen-bond acceptors (Lipinski definition) is 3. The van der Waals surface area contributed by atoms with Crippen molar-refractivity contribution in [2.45, 2.75) is 26.0 Å². The Labute approximate surface area is 118 Å². The highest BCUT2D eigenvalue weighted by Gasteiger charge is 2.29. The van der Waals surface area contributed by atoms with Crippen molar-refractivity contribution in [1.82, 2.24) is 9.55 Å². The van der Waals surface area contributed by atoms with Crippen LogP contribution in [0.5, 0.6) is 5.75 Å². The van der Waals surface area contributed by atoms with Crippen molar-refractivity contribution < 1.29 is 13.9 Å². The average molecular weight is 329 g/mol. The standard InChI is InChI=1S/C13H14BrFN2O2/c1-6-5-19-12-8(14)4-9(15)10-11(12)17(6)13(16-10)7(2)18-3/h4,6-7H,5H2,1-3H3/t6-,7?/m0/s1. The van der Waals surface area contributed by atoms with Crippen molar-refractivity contribution in [3.8, 4) is 5.75 Å². The van der Waals surface area contributed by atoms with Gasteiger partial charge in [0.25, 0.3) is 0 Å². The summed E-state index contributed by atoms with van der Waals surface area (Å²) in [7, 11) is 1.62. The second kappa shape index (κ2) is 4.45. The molecule has 4 nitrogen and oxygen atoms in total. The first-order chi connectivity index (χ1) is 9.04. The quantitative estimate of drug-likeness (QED) is 0.845. The molecule has 0 aliphatic carbocycles. The number of imidazole rings is 1. The molecule has 0 fully saturated rings. The molecule has 0 amide bonds. The van der Waals surface area contributed by atoms with Crippen LogP contribution in [-0.4, -0.2) is 23.3 Å². The van der Waals surface area contributed by atoms with E-state index in [1.807, 2.05) is 18.4 Å². The molecule has 2 heterocycles. The molecule has 0 saturated carbocycles. The van der Waals surface area contributed by atoms with E-state index in [2.05, 4.69) is 20.9 Å².